The molecule has 36 heavy (non-hydrogen) atoms. The van der Waals surface area contributed by atoms with E-state index in [-0.39, 0.29) is 38.8 Å². The summed E-state index contributed by atoms with van der Waals surface area (Å²) in [6, 6.07) is 7.09. The molecule has 2 N–H and O–H groups in total. The van der Waals surface area contributed by atoms with Gasteiger partial charge in [0.2, 0.25) is 10.0 Å². The first kappa shape index (κ1) is 26.3. The highest BCUT2D eigenvalue weighted by Crippen LogP contribution is 2.33. The Morgan fingerprint density at radius 2 is 1.86 bits per heavy atom. The van der Waals surface area contributed by atoms with Crippen LogP contribution in [-0.2, 0) is 16.4 Å². The highest BCUT2D eigenvalue weighted by molar-refractivity contribution is 7.89. The molecule has 4 rings (SSSR count). The number of halogens is 4. The van der Waals surface area contributed by atoms with E-state index in [1.807, 2.05) is 0 Å². The van der Waals surface area contributed by atoms with Crippen LogP contribution in [0, 0.1) is 0 Å². The molecule has 1 saturated carbocycles. The number of rotatable bonds is 8. The number of sulfonamides is 1. The van der Waals surface area contributed by atoms with Crippen LogP contribution in [0.5, 0.6) is 5.75 Å². The van der Waals surface area contributed by atoms with Crippen LogP contribution >= 0.6 is 23.2 Å². The zero-order chi connectivity index (χ0) is 26.2. The van der Waals surface area contributed by atoms with Gasteiger partial charge in [-0.2, -0.15) is 9.78 Å². The maximum atomic E-state index is 13.1. The van der Waals surface area contributed by atoms with Gasteiger partial charge in [0, 0.05) is 22.5 Å². The highest BCUT2D eigenvalue weighted by Gasteiger charge is 2.27. The van der Waals surface area contributed by atoms with Crippen LogP contribution in [0.3, 0.4) is 0 Å². The third kappa shape index (κ3) is 5.31. The van der Waals surface area contributed by atoms with Crippen LogP contribution in [0.4, 0.5) is 8.78 Å². The van der Waals surface area contributed by atoms with Crippen molar-refractivity contribution < 1.29 is 21.9 Å². The van der Waals surface area contributed by atoms with Gasteiger partial charge < -0.3 is 4.74 Å². The summed E-state index contributed by atoms with van der Waals surface area (Å²) in [5.74, 6) is 0.177. The molecule has 9 nitrogen and oxygen atoms in total. The van der Waals surface area contributed by atoms with Gasteiger partial charge in [0.15, 0.2) is 5.69 Å². The van der Waals surface area contributed by atoms with Crippen molar-refractivity contribution >= 4 is 33.2 Å². The minimum atomic E-state index is -3.84. The van der Waals surface area contributed by atoms with Gasteiger partial charge in [0.1, 0.15) is 10.6 Å². The van der Waals surface area contributed by atoms with Gasteiger partial charge in [0.05, 0.1) is 12.8 Å². The third-order valence-corrected chi connectivity index (χ3v) is 7.97. The van der Waals surface area contributed by atoms with E-state index in [4.69, 9.17) is 27.9 Å². The number of benzene rings is 2. The van der Waals surface area contributed by atoms with Crippen molar-refractivity contribution in [2.24, 2.45) is 0 Å². The van der Waals surface area contributed by atoms with Crippen molar-refractivity contribution in [3.05, 3.63) is 78.0 Å². The van der Waals surface area contributed by atoms with Crippen LogP contribution < -0.4 is 20.7 Å². The molecule has 0 spiro atoms. The fourth-order valence-electron chi connectivity index (χ4n) is 3.67. The lowest BCUT2D eigenvalue weighted by Gasteiger charge is -2.26. The van der Waals surface area contributed by atoms with Gasteiger partial charge in [-0.1, -0.05) is 35.7 Å². The van der Waals surface area contributed by atoms with Crippen molar-refractivity contribution in [3.8, 4) is 11.4 Å². The first-order chi connectivity index (χ1) is 17.0. The number of aromatic amines is 1. The predicted molar refractivity (Wildman–Crippen MR) is 129 cm³/mol. The molecule has 192 valence electrons. The summed E-state index contributed by atoms with van der Waals surface area (Å²) in [6.07, 6.45) is -0.591. The minimum absolute atomic E-state index is 0.0261. The number of nitrogens with zero attached hydrogens (tertiary/aromatic N) is 2. The molecule has 0 aliphatic heterocycles. The normalized spacial score (nSPS) is 14.2. The molecule has 0 bridgehead atoms. The average Bonchev–Trinajstić information content (AvgIpc) is 2.78. The van der Waals surface area contributed by atoms with E-state index in [0.29, 0.717) is 15.8 Å². The van der Waals surface area contributed by atoms with Gasteiger partial charge in [-0.25, -0.2) is 26.7 Å². The number of ether oxygens (including phenoxy) is 1. The summed E-state index contributed by atoms with van der Waals surface area (Å²) >= 11 is 12.8. The molecular weight excluding hydrogens is 541 g/mol. The first-order valence-corrected chi connectivity index (χ1v) is 12.9. The predicted octanol–water partition coefficient (Wildman–Crippen LogP) is 3.60. The van der Waals surface area contributed by atoms with Crippen molar-refractivity contribution in [2.75, 3.05) is 7.11 Å². The Morgan fingerprint density at radius 3 is 2.42 bits per heavy atom. The molecule has 3 aromatic rings. The van der Waals surface area contributed by atoms with Crippen LogP contribution in [-0.4, -0.2) is 36.3 Å². The fraction of sp³-hybridized carbons (Fsp3) is 0.318. The summed E-state index contributed by atoms with van der Waals surface area (Å²) in [5, 5.41) is 3.58. The maximum Gasteiger partial charge on any atom is 0.349 e. The van der Waals surface area contributed by atoms with Crippen LogP contribution in [0.1, 0.15) is 42.5 Å². The smallest absolute Gasteiger partial charge is 0.349 e. The number of aromatic nitrogens is 3. The minimum Gasteiger partial charge on any atom is -0.495 e. The number of hydrogen-bond donors (Lipinski definition) is 2. The topological polar surface area (TPSA) is 123 Å². The Labute approximate surface area is 214 Å². The Kier molecular flexibility index (Phi) is 7.51. The van der Waals surface area contributed by atoms with Gasteiger partial charge in [0.25, 0.3) is 12.0 Å². The second-order valence-electron chi connectivity index (χ2n) is 8.16. The van der Waals surface area contributed by atoms with Gasteiger partial charge >= 0.3 is 5.69 Å². The van der Waals surface area contributed by atoms with E-state index in [9.17, 15) is 26.8 Å². The van der Waals surface area contributed by atoms with E-state index >= 15 is 0 Å². The van der Waals surface area contributed by atoms with E-state index in [1.54, 1.807) is 11.1 Å². The number of alkyl halides is 2. The van der Waals surface area contributed by atoms with Crippen molar-refractivity contribution in [1.29, 1.82) is 0 Å². The molecule has 1 aliphatic carbocycles. The molecule has 0 unspecified atom stereocenters. The number of methoxy groups -OCH3 is 1. The lowest BCUT2D eigenvalue weighted by atomic mass is 9.94. The molecule has 0 amide bonds. The zero-order valence-corrected chi connectivity index (χ0v) is 21.1. The lowest BCUT2D eigenvalue weighted by molar-refractivity contribution is 0.141. The molecule has 1 aromatic heterocycles. The zero-order valence-electron chi connectivity index (χ0n) is 18.7. The lowest BCUT2D eigenvalue weighted by Crippen LogP contribution is -2.39. The SMILES string of the molecule is COc1ccc(Cc2c(Cl)cc(-n3nc(C(F)F)c(=O)[nH]c3=O)cc2Cl)cc1S(=O)(=O)NC1CCC1. The van der Waals surface area contributed by atoms with E-state index < -0.39 is 33.4 Å². The molecule has 0 radical (unpaired) electrons. The van der Waals surface area contributed by atoms with Gasteiger partial charge in [-0.15, -0.1) is 0 Å². The van der Waals surface area contributed by atoms with Crippen molar-refractivity contribution in [3.63, 3.8) is 0 Å². The number of H-pyrrole nitrogens is 1. The van der Waals surface area contributed by atoms with Gasteiger partial charge in [-0.05, 0) is 48.2 Å². The number of hydrogen-bond acceptors (Lipinski definition) is 6. The monoisotopic (exact) mass is 560 g/mol. The third-order valence-electron chi connectivity index (χ3n) is 5.76. The Bertz CT molecular complexity index is 1520. The van der Waals surface area contributed by atoms with Crippen molar-refractivity contribution in [2.45, 2.75) is 43.0 Å². The van der Waals surface area contributed by atoms with E-state index in [1.165, 1.54) is 31.4 Å². The second kappa shape index (κ2) is 10.3. The van der Waals surface area contributed by atoms with Crippen LogP contribution in [0.2, 0.25) is 10.0 Å². The van der Waals surface area contributed by atoms with Crippen LogP contribution in [0.25, 0.3) is 5.69 Å². The molecule has 0 saturated heterocycles. The molecule has 2 aromatic carbocycles. The molecule has 1 fully saturated rings. The second-order valence-corrected chi connectivity index (χ2v) is 10.7. The number of nitrogens with one attached hydrogen (secondary N) is 2. The molecule has 1 heterocycles. The van der Waals surface area contributed by atoms with Gasteiger partial charge in [-0.3, -0.25) is 9.78 Å². The van der Waals surface area contributed by atoms with E-state index in [2.05, 4.69) is 9.82 Å². The summed E-state index contributed by atoms with van der Waals surface area (Å²) in [5.41, 5.74) is -2.56. The first-order valence-electron chi connectivity index (χ1n) is 10.7. The van der Waals surface area contributed by atoms with Crippen LogP contribution in [0.15, 0.2) is 44.8 Å². The molecule has 0 atom stereocenters. The largest absolute Gasteiger partial charge is 0.495 e. The molecule has 14 heteroatoms. The molecular formula is C22H20Cl2F2N4O5S. The summed E-state index contributed by atoms with van der Waals surface area (Å²) < 4.78 is 60.5. The highest BCUT2D eigenvalue weighted by atomic mass is 35.5. The maximum absolute atomic E-state index is 13.1. The summed E-state index contributed by atoms with van der Waals surface area (Å²) in [7, 11) is -2.47. The quantitative estimate of drug-likeness (QED) is 0.434. The van der Waals surface area contributed by atoms with Crippen molar-refractivity contribution in [1.82, 2.24) is 19.5 Å². The fourth-order valence-corrected chi connectivity index (χ4v) is 5.80. The van der Waals surface area contributed by atoms with E-state index in [0.717, 1.165) is 19.3 Å². The Balaban J connectivity index is 1.69. The molecule has 1 aliphatic rings. The average molecular weight is 561 g/mol. The standard InChI is InChI=1S/C22H20Cl2F2N4O5S/c1-35-17-6-5-11(8-18(17)36(33,34)29-12-3-2-4-12)7-14-15(23)9-13(10-16(14)24)30-22(32)27-21(31)19(28-30)20(25)26/h5-6,8-10,12,20,29H,2-4,7H2,1H3,(H,27,31,32). The summed E-state index contributed by atoms with van der Waals surface area (Å²) in [4.78, 5) is 25.5. The Morgan fingerprint density at radius 1 is 1.19 bits per heavy atom. The summed E-state index contributed by atoms with van der Waals surface area (Å²) in [6.45, 7) is 0. The Hall–Kier alpha value is -2.80.